The van der Waals surface area contributed by atoms with E-state index in [9.17, 15) is 9.59 Å². The average molecular weight is 311 g/mol. The first-order chi connectivity index (χ1) is 10.3. The zero-order chi connectivity index (χ0) is 16.7. The molecule has 22 heavy (non-hydrogen) atoms. The van der Waals surface area contributed by atoms with Gasteiger partial charge in [-0.05, 0) is 13.3 Å². The van der Waals surface area contributed by atoms with E-state index in [0.717, 1.165) is 19.5 Å². The first-order valence-electron chi connectivity index (χ1n) is 7.88. The van der Waals surface area contributed by atoms with Gasteiger partial charge in [0.2, 0.25) is 11.8 Å². The number of likely N-dealkylation sites (tertiary alicyclic amines) is 1. The largest absolute Gasteiger partial charge is 0.357 e. The van der Waals surface area contributed by atoms with Crippen molar-refractivity contribution < 1.29 is 9.59 Å². The van der Waals surface area contributed by atoms with Crippen LogP contribution in [0.3, 0.4) is 0 Å². The molecule has 7 heteroatoms. The number of carbonyl (C=O) groups is 2. The van der Waals surface area contributed by atoms with Crippen molar-refractivity contribution in [1.82, 2.24) is 20.4 Å². The summed E-state index contributed by atoms with van der Waals surface area (Å²) >= 11 is 0. The molecule has 0 aromatic heterocycles. The van der Waals surface area contributed by atoms with Gasteiger partial charge in [0.15, 0.2) is 5.96 Å². The SMILES string of the molecule is CCNC(=NCC(=O)N(C)C)NC1CCN(C(=O)C(C)C)C1. The van der Waals surface area contributed by atoms with Gasteiger partial charge < -0.3 is 20.4 Å². The first-order valence-corrected chi connectivity index (χ1v) is 7.88. The fourth-order valence-electron chi connectivity index (χ4n) is 2.24. The molecule has 7 nitrogen and oxygen atoms in total. The molecule has 0 radical (unpaired) electrons. The Hall–Kier alpha value is -1.79. The third kappa shape index (κ3) is 5.54. The number of likely N-dealkylation sites (N-methyl/N-ethyl adjacent to an activating group) is 1. The summed E-state index contributed by atoms with van der Waals surface area (Å²) in [6.07, 6.45) is 0.893. The van der Waals surface area contributed by atoms with Crippen molar-refractivity contribution in [2.75, 3.05) is 40.3 Å². The Balaban J connectivity index is 2.56. The van der Waals surface area contributed by atoms with E-state index in [0.29, 0.717) is 12.5 Å². The van der Waals surface area contributed by atoms with Crippen LogP contribution in [-0.2, 0) is 9.59 Å². The van der Waals surface area contributed by atoms with Crippen molar-refractivity contribution in [3.05, 3.63) is 0 Å². The molecule has 0 aromatic carbocycles. The smallest absolute Gasteiger partial charge is 0.243 e. The Morgan fingerprint density at radius 1 is 1.36 bits per heavy atom. The van der Waals surface area contributed by atoms with Crippen molar-refractivity contribution in [2.24, 2.45) is 10.9 Å². The van der Waals surface area contributed by atoms with Gasteiger partial charge in [-0.2, -0.15) is 0 Å². The highest BCUT2D eigenvalue weighted by atomic mass is 16.2. The van der Waals surface area contributed by atoms with E-state index in [-0.39, 0.29) is 30.3 Å². The predicted molar refractivity (Wildman–Crippen MR) is 87.6 cm³/mol. The van der Waals surface area contributed by atoms with Crippen molar-refractivity contribution in [3.8, 4) is 0 Å². The van der Waals surface area contributed by atoms with Crippen molar-refractivity contribution in [1.29, 1.82) is 0 Å². The summed E-state index contributed by atoms with van der Waals surface area (Å²) in [6, 6.07) is 0.176. The topological polar surface area (TPSA) is 77.0 Å². The van der Waals surface area contributed by atoms with Gasteiger partial charge >= 0.3 is 0 Å². The van der Waals surface area contributed by atoms with Crippen LogP contribution in [0.2, 0.25) is 0 Å². The lowest BCUT2D eigenvalue weighted by Crippen LogP contribution is -2.45. The molecule has 1 fully saturated rings. The molecular formula is C15H29N5O2. The average Bonchev–Trinajstić information content (AvgIpc) is 2.91. The van der Waals surface area contributed by atoms with Crippen LogP contribution < -0.4 is 10.6 Å². The van der Waals surface area contributed by atoms with Crippen molar-refractivity contribution >= 4 is 17.8 Å². The molecule has 0 aliphatic carbocycles. The van der Waals surface area contributed by atoms with Gasteiger partial charge in [0.25, 0.3) is 0 Å². The highest BCUT2D eigenvalue weighted by Crippen LogP contribution is 2.12. The van der Waals surface area contributed by atoms with E-state index < -0.39 is 0 Å². The molecule has 2 amide bonds. The molecule has 1 saturated heterocycles. The van der Waals surface area contributed by atoms with E-state index in [2.05, 4.69) is 15.6 Å². The number of nitrogens with one attached hydrogen (secondary N) is 2. The van der Waals surface area contributed by atoms with E-state index in [1.54, 1.807) is 14.1 Å². The van der Waals surface area contributed by atoms with Gasteiger partial charge in [-0.3, -0.25) is 9.59 Å². The van der Waals surface area contributed by atoms with E-state index in [4.69, 9.17) is 0 Å². The maximum absolute atomic E-state index is 12.0. The molecule has 1 unspecified atom stereocenters. The van der Waals surface area contributed by atoms with Crippen LogP contribution in [0.5, 0.6) is 0 Å². The number of amides is 2. The summed E-state index contributed by atoms with van der Waals surface area (Å²) in [5.41, 5.74) is 0. The zero-order valence-corrected chi connectivity index (χ0v) is 14.3. The lowest BCUT2D eigenvalue weighted by Gasteiger charge is -2.20. The van der Waals surface area contributed by atoms with Gasteiger partial charge in [0.05, 0.1) is 0 Å². The van der Waals surface area contributed by atoms with Crippen LogP contribution in [0.15, 0.2) is 4.99 Å². The quantitative estimate of drug-likeness (QED) is 0.548. The summed E-state index contributed by atoms with van der Waals surface area (Å²) in [5.74, 6) is 0.800. The Morgan fingerprint density at radius 2 is 2.05 bits per heavy atom. The van der Waals surface area contributed by atoms with E-state index in [1.807, 2.05) is 25.7 Å². The van der Waals surface area contributed by atoms with Crippen molar-refractivity contribution in [2.45, 2.75) is 33.2 Å². The second kappa shape index (κ2) is 8.60. The summed E-state index contributed by atoms with van der Waals surface area (Å²) in [4.78, 5) is 31.3. The number of aliphatic imine (C=N–C) groups is 1. The molecule has 0 spiro atoms. The summed E-state index contributed by atoms with van der Waals surface area (Å²) in [7, 11) is 3.43. The third-order valence-corrected chi connectivity index (χ3v) is 3.55. The molecule has 126 valence electrons. The highest BCUT2D eigenvalue weighted by Gasteiger charge is 2.27. The Bertz CT molecular complexity index is 420. The fourth-order valence-corrected chi connectivity index (χ4v) is 2.24. The number of hydrogen-bond acceptors (Lipinski definition) is 3. The van der Waals surface area contributed by atoms with Crippen molar-refractivity contribution in [3.63, 3.8) is 0 Å². The molecular weight excluding hydrogens is 282 g/mol. The third-order valence-electron chi connectivity index (χ3n) is 3.55. The Labute approximate surface area is 133 Å². The van der Waals surface area contributed by atoms with Crippen LogP contribution in [0.4, 0.5) is 0 Å². The van der Waals surface area contributed by atoms with Gasteiger partial charge in [0.1, 0.15) is 6.54 Å². The normalized spacial score (nSPS) is 18.5. The minimum Gasteiger partial charge on any atom is -0.357 e. The molecule has 1 aliphatic rings. The van der Waals surface area contributed by atoms with E-state index >= 15 is 0 Å². The minimum absolute atomic E-state index is 0.0263. The van der Waals surface area contributed by atoms with Gasteiger partial charge in [0, 0.05) is 45.7 Å². The Morgan fingerprint density at radius 3 is 2.59 bits per heavy atom. The summed E-state index contributed by atoms with van der Waals surface area (Å²) < 4.78 is 0. The number of rotatable bonds is 5. The number of carbonyl (C=O) groups excluding carboxylic acids is 2. The first kappa shape index (κ1) is 18.3. The number of nitrogens with zero attached hydrogens (tertiary/aromatic N) is 3. The molecule has 1 heterocycles. The lowest BCUT2D eigenvalue weighted by molar-refractivity contribution is -0.133. The molecule has 2 N–H and O–H groups in total. The van der Waals surface area contributed by atoms with Crippen LogP contribution in [0, 0.1) is 5.92 Å². The number of guanidine groups is 1. The lowest BCUT2D eigenvalue weighted by atomic mass is 10.2. The van der Waals surface area contributed by atoms with Gasteiger partial charge in [-0.25, -0.2) is 4.99 Å². The van der Waals surface area contributed by atoms with Gasteiger partial charge in [-0.1, -0.05) is 13.8 Å². The monoisotopic (exact) mass is 311 g/mol. The van der Waals surface area contributed by atoms with Crippen LogP contribution in [0.1, 0.15) is 27.2 Å². The summed E-state index contributed by atoms with van der Waals surface area (Å²) in [6.45, 7) is 8.11. The van der Waals surface area contributed by atoms with Crippen LogP contribution >= 0.6 is 0 Å². The molecule has 0 bridgehead atoms. The molecule has 0 saturated carbocycles. The molecule has 0 aromatic rings. The Kier molecular flexibility index (Phi) is 7.14. The molecule has 1 rings (SSSR count). The second-order valence-electron chi connectivity index (χ2n) is 6.05. The number of hydrogen-bond donors (Lipinski definition) is 2. The van der Waals surface area contributed by atoms with Gasteiger partial charge in [-0.15, -0.1) is 0 Å². The van der Waals surface area contributed by atoms with Crippen LogP contribution in [0.25, 0.3) is 0 Å². The summed E-state index contributed by atoms with van der Waals surface area (Å²) in [5, 5.41) is 6.44. The maximum Gasteiger partial charge on any atom is 0.243 e. The maximum atomic E-state index is 12.0. The molecule has 1 atom stereocenters. The standard InChI is InChI=1S/C15H29N5O2/c1-6-16-15(17-9-13(21)19(4)5)18-12-7-8-20(10-12)14(22)11(2)3/h11-12H,6-10H2,1-5H3,(H2,16,17,18). The second-order valence-corrected chi connectivity index (χ2v) is 6.05. The minimum atomic E-state index is -0.0414. The van der Waals surface area contributed by atoms with Crippen LogP contribution in [-0.4, -0.2) is 73.9 Å². The van der Waals surface area contributed by atoms with E-state index in [1.165, 1.54) is 4.90 Å². The predicted octanol–water partition coefficient (Wildman–Crippen LogP) is -0.113. The fraction of sp³-hybridized carbons (Fsp3) is 0.800. The zero-order valence-electron chi connectivity index (χ0n) is 14.3. The molecule has 1 aliphatic heterocycles. The highest BCUT2D eigenvalue weighted by molar-refractivity contribution is 5.85.